The molecule has 0 aliphatic heterocycles. The first-order chi connectivity index (χ1) is 28.3. The van der Waals surface area contributed by atoms with Crippen LogP contribution in [-0.4, -0.2) is 14.5 Å². The van der Waals surface area contributed by atoms with Gasteiger partial charge in [0.25, 0.3) is 0 Å². The van der Waals surface area contributed by atoms with Crippen molar-refractivity contribution in [2.45, 2.75) is 0 Å². The van der Waals surface area contributed by atoms with Gasteiger partial charge in [-0.1, -0.05) is 158 Å². The van der Waals surface area contributed by atoms with E-state index in [1.807, 2.05) is 0 Å². The molecular formula is C54H33N3. The number of para-hydroxylation sites is 2. The van der Waals surface area contributed by atoms with Crippen LogP contribution in [0.25, 0.3) is 115 Å². The Hall–Kier alpha value is -7.62. The molecule has 57 heavy (non-hydrogen) atoms. The lowest BCUT2D eigenvalue weighted by atomic mass is 9.89. The van der Waals surface area contributed by atoms with Gasteiger partial charge < -0.3 is 4.57 Å². The lowest BCUT2D eigenvalue weighted by Gasteiger charge is -2.17. The predicted octanol–water partition coefficient (Wildman–Crippen LogP) is 14.3. The zero-order valence-electron chi connectivity index (χ0n) is 30.9. The van der Waals surface area contributed by atoms with E-state index in [0.29, 0.717) is 5.82 Å². The van der Waals surface area contributed by atoms with Crippen molar-refractivity contribution < 1.29 is 0 Å². The summed E-state index contributed by atoms with van der Waals surface area (Å²) in [5.41, 5.74) is 8.49. The van der Waals surface area contributed by atoms with Crippen LogP contribution < -0.4 is 0 Å². The number of benzene rings is 10. The van der Waals surface area contributed by atoms with Crippen LogP contribution in [0.4, 0.5) is 0 Å². The van der Waals surface area contributed by atoms with E-state index in [4.69, 9.17) is 9.97 Å². The van der Waals surface area contributed by atoms with Crippen LogP contribution in [0, 0.1) is 0 Å². The lowest BCUT2D eigenvalue weighted by Crippen LogP contribution is -1.97. The van der Waals surface area contributed by atoms with E-state index < -0.39 is 0 Å². The van der Waals surface area contributed by atoms with Crippen LogP contribution in [0.5, 0.6) is 0 Å². The third-order valence-corrected chi connectivity index (χ3v) is 11.7. The quantitative estimate of drug-likeness (QED) is 0.169. The van der Waals surface area contributed by atoms with Crippen LogP contribution in [0.15, 0.2) is 200 Å². The average Bonchev–Trinajstić information content (AvgIpc) is 3.64. The number of fused-ring (bicyclic) bond motifs is 12. The molecule has 0 saturated carbocycles. The molecule has 3 nitrogen and oxygen atoms in total. The van der Waals surface area contributed by atoms with Gasteiger partial charge in [-0.2, -0.15) is 0 Å². The van der Waals surface area contributed by atoms with E-state index in [9.17, 15) is 0 Å². The second kappa shape index (κ2) is 12.5. The van der Waals surface area contributed by atoms with E-state index in [0.717, 1.165) is 44.5 Å². The molecule has 0 unspecified atom stereocenters. The number of aromatic nitrogens is 3. The molecule has 2 aromatic heterocycles. The molecule has 10 aromatic carbocycles. The fourth-order valence-electron chi connectivity index (χ4n) is 9.13. The predicted molar refractivity (Wildman–Crippen MR) is 240 cm³/mol. The molecular weight excluding hydrogens is 691 g/mol. The molecule has 12 aromatic rings. The number of rotatable bonds is 4. The topological polar surface area (TPSA) is 30.7 Å². The smallest absolute Gasteiger partial charge is 0.160 e. The summed E-state index contributed by atoms with van der Waals surface area (Å²) in [5, 5.41) is 14.5. The highest BCUT2D eigenvalue weighted by Crippen LogP contribution is 2.47. The third-order valence-electron chi connectivity index (χ3n) is 11.7. The van der Waals surface area contributed by atoms with Crippen molar-refractivity contribution in [1.82, 2.24) is 14.5 Å². The van der Waals surface area contributed by atoms with Gasteiger partial charge in [-0.3, -0.25) is 0 Å². The SMILES string of the molecule is c1ccc(-n2c3ccccc3c3c4c5ccccc5c(-c5cc(-c6ccc7ccccc7c6)nc(-c6ccc7ccccc7c6)n5)cc4c4ccccc4c32)cc1. The summed E-state index contributed by atoms with van der Waals surface area (Å²) in [5.74, 6) is 0.705. The minimum Gasteiger partial charge on any atom is -0.309 e. The summed E-state index contributed by atoms with van der Waals surface area (Å²) in [7, 11) is 0. The molecule has 0 fully saturated rings. The lowest BCUT2D eigenvalue weighted by molar-refractivity contribution is 1.19. The van der Waals surface area contributed by atoms with Crippen molar-refractivity contribution in [3.05, 3.63) is 200 Å². The molecule has 0 N–H and O–H groups in total. The van der Waals surface area contributed by atoms with Crippen molar-refractivity contribution in [3.63, 3.8) is 0 Å². The summed E-state index contributed by atoms with van der Waals surface area (Å²) >= 11 is 0. The average molecular weight is 724 g/mol. The van der Waals surface area contributed by atoms with Crippen LogP contribution in [0.1, 0.15) is 0 Å². The zero-order chi connectivity index (χ0) is 37.5. The molecule has 0 bridgehead atoms. The number of hydrogen-bond acceptors (Lipinski definition) is 2. The van der Waals surface area contributed by atoms with Gasteiger partial charge in [0.05, 0.1) is 22.4 Å². The van der Waals surface area contributed by atoms with Gasteiger partial charge in [0, 0.05) is 43.9 Å². The number of hydrogen-bond donors (Lipinski definition) is 0. The van der Waals surface area contributed by atoms with Crippen LogP contribution >= 0.6 is 0 Å². The molecule has 2 heterocycles. The normalized spacial score (nSPS) is 11.9. The summed E-state index contributed by atoms with van der Waals surface area (Å²) < 4.78 is 2.45. The zero-order valence-corrected chi connectivity index (χ0v) is 30.9. The summed E-state index contributed by atoms with van der Waals surface area (Å²) in [6.07, 6.45) is 0. The van der Waals surface area contributed by atoms with Crippen LogP contribution in [0.2, 0.25) is 0 Å². The Bertz CT molecular complexity index is 3480. The molecule has 0 atom stereocenters. The maximum atomic E-state index is 5.45. The maximum Gasteiger partial charge on any atom is 0.160 e. The maximum absolute atomic E-state index is 5.45. The minimum atomic E-state index is 0.705. The Morgan fingerprint density at radius 2 is 0.895 bits per heavy atom. The van der Waals surface area contributed by atoms with Gasteiger partial charge in [-0.15, -0.1) is 0 Å². The van der Waals surface area contributed by atoms with E-state index >= 15 is 0 Å². The Kier molecular flexibility index (Phi) is 6.93. The highest BCUT2D eigenvalue weighted by molar-refractivity contribution is 6.38. The molecule has 0 aliphatic rings. The second-order valence-electron chi connectivity index (χ2n) is 14.9. The molecule has 0 aliphatic carbocycles. The van der Waals surface area contributed by atoms with Crippen molar-refractivity contribution >= 4 is 75.7 Å². The van der Waals surface area contributed by atoms with Crippen molar-refractivity contribution in [2.75, 3.05) is 0 Å². The van der Waals surface area contributed by atoms with Gasteiger partial charge in [0.1, 0.15) is 0 Å². The molecule has 0 saturated heterocycles. The molecule has 0 amide bonds. The highest BCUT2D eigenvalue weighted by atomic mass is 15.0. The van der Waals surface area contributed by atoms with E-state index in [2.05, 4.69) is 205 Å². The summed E-state index contributed by atoms with van der Waals surface area (Å²) in [6.45, 7) is 0. The van der Waals surface area contributed by atoms with Gasteiger partial charge in [-0.05, 0) is 85.6 Å². The minimum absolute atomic E-state index is 0.705. The first-order valence-electron chi connectivity index (χ1n) is 19.5. The van der Waals surface area contributed by atoms with Gasteiger partial charge in [0.15, 0.2) is 5.82 Å². The van der Waals surface area contributed by atoms with Crippen molar-refractivity contribution in [1.29, 1.82) is 0 Å². The summed E-state index contributed by atoms with van der Waals surface area (Å²) in [4.78, 5) is 10.7. The summed E-state index contributed by atoms with van der Waals surface area (Å²) in [6, 6.07) is 72.1. The van der Waals surface area contributed by atoms with Gasteiger partial charge in [0.2, 0.25) is 0 Å². The molecule has 0 spiro atoms. The molecule has 12 rings (SSSR count). The highest BCUT2D eigenvalue weighted by Gasteiger charge is 2.22. The molecule has 264 valence electrons. The van der Waals surface area contributed by atoms with Crippen LogP contribution in [-0.2, 0) is 0 Å². The van der Waals surface area contributed by atoms with Crippen molar-refractivity contribution in [2.24, 2.45) is 0 Å². The van der Waals surface area contributed by atoms with E-state index in [-0.39, 0.29) is 0 Å². The third kappa shape index (κ3) is 4.92. The van der Waals surface area contributed by atoms with E-state index in [1.54, 1.807) is 0 Å². The first-order valence-corrected chi connectivity index (χ1v) is 19.5. The fraction of sp³-hybridized carbons (Fsp3) is 0. The van der Waals surface area contributed by atoms with Crippen molar-refractivity contribution in [3.8, 4) is 39.6 Å². The largest absolute Gasteiger partial charge is 0.309 e. The molecule has 0 radical (unpaired) electrons. The Balaban J connectivity index is 1.20. The fourth-order valence-corrected chi connectivity index (χ4v) is 9.13. The van der Waals surface area contributed by atoms with E-state index in [1.165, 1.54) is 64.9 Å². The number of nitrogens with zero attached hydrogens (tertiary/aromatic N) is 3. The Morgan fingerprint density at radius 1 is 0.333 bits per heavy atom. The monoisotopic (exact) mass is 723 g/mol. The Labute approximate surface area is 328 Å². The van der Waals surface area contributed by atoms with Crippen LogP contribution in [0.3, 0.4) is 0 Å². The molecule has 3 heteroatoms. The first kappa shape index (κ1) is 31.7. The Morgan fingerprint density at radius 3 is 1.65 bits per heavy atom. The van der Waals surface area contributed by atoms with Gasteiger partial charge in [-0.25, -0.2) is 9.97 Å². The second-order valence-corrected chi connectivity index (χ2v) is 14.9. The standard InChI is InChI=1S/C54H33N3/c1-2-18-40(19-3-1)57-50-25-13-12-24-45(50)52-51-43-22-10-8-20-41(43)46(32-47(51)42-21-9-11-23-44(42)53(52)57)49-33-48(38-28-26-34-14-4-6-16-36(34)30-38)55-54(56-49)39-29-27-35-15-5-7-17-37(35)31-39/h1-33H. The van der Waals surface area contributed by atoms with Gasteiger partial charge >= 0.3 is 0 Å².